The van der Waals surface area contributed by atoms with Gasteiger partial charge in [-0.1, -0.05) is 6.07 Å². The van der Waals surface area contributed by atoms with Gasteiger partial charge in [0, 0.05) is 37.6 Å². The first-order chi connectivity index (χ1) is 15.1. The molecule has 0 atom stereocenters. The molecule has 158 valence electrons. The topological polar surface area (TPSA) is 118 Å². The van der Waals surface area contributed by atoms with Gasteiger partial charge in [0.1, 0.15) is 5.82 Å². The molecule has 9 heteroatoms. The highest BCUT2D eigenvalue weighted by atomic mass is 16.5. The van der Waals surface area contributed by atoms with Gasteiger partial charge < -0.3 is 20.7 Å². The zero-order valence-corrected chi connectivity index (χ0v) is 17.2. The van der Waals surface area contributed by atoms with Crippen molar-refractivity contribution < 1.29 is 14.3 Å². The molecule has 0 bridgehead atoms. The molecule has 2 heterocycles. The summed E-state index contributed by atoms with van der Waals surface area (Å²) in [5, 5.41) is 8.65. The summed E-state index contributed by atoms with van der Waals surface area (Å²) in [4.78, 5) is 37.3. The second kappa shape index (κ2) is 8.78. The van der Waals surface area contributed by atoms with Crippen molar-refractivity contribution in [3.05, 3.63) is 54.5 Å². The van der Waals surface area contributed by atoms with Gasteiger partial charge in [-0.15, -0.1) is 0 Å². The zero-order chi connectivity index (χ0) is 21.8. The first-order valence-electron chi connectivity index (χ1n) is 9.85. The van der Waals surface area contributed by atoms with E-state index in [4.69, 9.17) is 4.74 Å². The number of aromatic nitrogens is 3. The van der Waals surface area contributed by atoms with Crippen LogP contribution in [0.5, 0.6) is 5.75 Å². The molecule has 0 unspecified atom stereocenters. The molecular formula is C22H22N6O3. The lowest BCUT2D eigenvalue weighted by Gasteiger charge is -2.17. The summed E-state index contributed by atoms with van der Waals surface area (Å²) in [7, 11) is 3.10. The lowest BCUT2D eigenvalue weighted by Crippen LogP contribution is -2.20. The number of ether oxygens (including phenoxy) is 1. The van der Waals surface area contributed by atoms with E-state index in [1.54, 1.807) is 38.7 Å². The highest BCUT2D eigenvalue weighted by Crippen LogP contribution is 2.37. The Morgan fingerprint density at radius 1 is 1.06 bits per heavy atom. The summed E-state index contributed by atoms with van der Waals surface area (Å²) in [6.45, 7) is 0. The quantitative estimate of drug-likeness (QED) is 0.540. The average molecular weight is 418 g/mol. The Morgan fingerprint density at radius 2 is 1.84 bits per heavy atom. The van der Waals surface area contributed by atoms with Gasteiger partial charge in [0.2, 0.25) is 5.91 Å². The monoisotopic (exact) mass is 418 g/mol. The van der Waals surface area contributed by atoms with E-state index in [2.05, 4.69) is 30.9 Å². The van der Waals surface area contributed by atoms with Crippen molar-refractivity contribution in [2.75, 3.05) is 24.8 Å². The number of methoxy groups -OCH3 is 1. The molecule has 3 aromatic rings. The molecule has 9 nitrogen and oxygen atoms in total. The van der Waals surface area contributed by atoms with Crippen LogP contribution in [0.15, 0.2) is 48.9 Å². The van der Waals surface area contributed by atoms with Crippen molar-refractivity contribution >= 4 is 29.0 Å². The number of pyridine rings is 1. The van der Waals surface area contributed by atoms with Crippen LogP contribution >= 0.6 is 0 Å². The lowest BCUT2D eigenvalue weighted by molar-refractivity contribution is -0.117. The Labute approximate surface area is 179 Å². The molecular weight excluding hydrogens is 396 g/mol. The first-order valence-corrected chi connectivity index (χ1v) is 9.85. The summed E-state index contributed by atoms with van der Waals surface area (Å²) in [5.74, 6) is 1.08. The van der Waals surface area contributed by atoms with Crippen LogP contribution in [-0.4, -0.2) is 40.9 Å². The molecule has 1 aliphatic rings. The van der Waals surface area contributed by atoms with Crippen LogP contribution in [-0.2, 0) is 4.79 Å². The van der Waals surface area contributed by atoms with Gasteiger partial charge in [0.25, 0.3) is 5.91 Å². The maximum absolute atomic E-state index is 12.4. The normalized spacial score (nSPS) is 12.7. The van der Waals surface area contributed by atoms with Gasteiger partial charge in [0.05, 0.1) is 29.6 Å². The van der Waals surface area contributed by atoms with Crippen molar-refractivity contribution in [2.45, 2.75) is 12.8 Å². The van der Waals surface area contributed by atoms with Crippen LogP contribution in [0.25, 0.3) is 11.4 Å². The van der Waals surface area contributed by atoms with Gasteiger partial charge in [-0.25, -0.2) is 15.0 Å². The number of anilines is 3. The Morgan fingerprint density at radius 3 is 2.52 bits per heavy atom. The number of nitrogens with zero attached hydrogens (tertiary/aromatic N) is 3. The summed E-state index contributed by atoms with van der Waals surface area (Å²) >= 11 is 0. The Kier molecular flexibility index (Phi) is 5.74. The summed E-state index contributed by atoms with van der Waals surface area (Å²) < 4.78 is 5.64. The maximum atomic E-state index is 12.4. The number of para-hydroxylation sites is 1. The van der Waals surface area contributed by atoms with Crippen molar-refractivity contribution in [2.24, 2.45) is 5.92 Å². The number of benzene rings is 1. The summed E-state index contributed by atoms with van der Waals surface area (Å²) in [6, 6.07) is 8.89. The van der Waals surface area contributed by atoms with Crippen LogP contribution < -0.4 is 20.7 Å². The largest absolute Gasteiger partial charge is 0.494 e. The average Bonchev–Trinajstić information content (AvgIpc) is 3.65. The van der Waals surface area contributed by atoms with Crippen LogP contribution in [0.2, 0.25) is 0 Å². The smallest absolute Gasteiger partial charge is 0.254 e. The molecule has 1 saturated carbocycles. The number of amides is 2. The third-order valence-electron chi connectivity index (χ3n) is 4.87. The van der Waals surface area contributed by atoms with Crippen molar-refractivity contribution in [1.29, 1.82) is 0 Å². The molecule has 0 saturated heterocycles. The Balaban J connectivity index is 1.71. The minimum absolute atomic E-state index is 0.0412. The van der Waals surface area contributed by atoms with Crippen molar-refractivity contribution in [1.82, 2.24) is 20.3 Å². The van der Waals surface area contributed by atoms with E-state index in [1.165, 1.54) is 6.20 Å². The van der Waals surface area contributed by atoms with E-state index < -0.39 is 0 Å². The van der Waals surface area contributed by atoms with Gasteiger partial charge >= 0.3 is 0 Å². The third-order valence-corrected chi connectivity index (χ3v) is 4.87. The fourth-order valence-corrected chi connectivity index (χ4v) is 3.13. The van der Waals surface area contributed by atoms with E-state index >= 15 is 0 Å². The highest BCUT2D eigenvalue weighted by molar-refractivity contribution is 6.01. The van der Waals surface area contributed by atoms with E-state index in [-0.39, 0.29) is 17.7 Å². The number of carbonyl (C=O) groups is 2. The van der Waals surface area contributed by atoms with Crippen molar-refractivity contribution in [3.8, 4) is 17.1 Å². The third kappa shape index (κ3) is 4.45. The number of nitrogens with one attached hydrogen (secondary N) is 3. The minimum Gasteiger partial charge on any atom is -0.494 e. The summed E-state index contributed by atoms with van der Waals surface area (Å²) in [6.07, 6.45) is 6.52. The number of hydrogen-bond acceptors (Lipinski definition) is 7. The van der Waals surface area contributed by atoms with Gasteiger partial charge in [-0.05, 0) is 31.0 Å². The molecule has 0 radical (unpaired) electrons. The van der Waals surface area contributed by atoms with Gasteiger partial charge in [-0.3, -0.25) is 9.59 Å². The van der Waals surface area contributed by atoms with E-state index in [1.807, 2.05) is 18.2 Å². The number of carbonyl (C=O) groups excluding carboxylic acids is 2. The van der Waals surface area contributed by atoms with Crippen LogP contribution in [0.1, 0.15) is 23.2 Å². The maximum Gasteiger partial charge on any atom is 0.254 e. The standard InChI is InChI=1S/C22H22N6O3/c1-23-22(30)15-12-26-18(28-21(29)13-7-8-13)11-17(15)27-16-6-3-5-14(19(16)31-2)20-24-9-4-10-25-20/h3-6,9-13H,7-8H2,1-2H3,(H,23,30)(H2,26,27,28,29). The molecule has 2 aromatic heterocycles. The molecule has 0 spiro atoms. The fraction of sp³-hybridized carbons (Fsp3) is 0.227. The second-order valence-corrected chi connectivity index (χ2v) is 7.04. The molecule has 1 aliphatic carbocycles. The van der Waals surface area contributed by atoms with E-state index in [9.17, 15) is 9.59 Å². The fourth-order valence-electron chi connectivity index (χ4n) is 3.13. The van der Waals surface area contributed by atoms with Crippen LogP contribution in [0, 0.1) is 5.92 Å². The minimum atomic E-state index is -0.309. The highest BCUT2D eigenvalue weighted by Gasteiger charge is 2.30. The summed E-state index contributed by atoms with van der Waals surface area (Å²) in [5.41, 5.74) is 2.12. The van der Waals surface area contributed by atoms with Gasteiger partial charge in [-0.2, -0.15) is 0 Å². The predicted octanol–water partition coefficient (Wildman–Crippen LogP) is 3.00. The van der Waals surface area contributed by atoms with Crippen LogP contribution in [0.3, 0.4) is 0 Å². The Hall–Kier alpha value is -4.01. The molecule has 31 heavy (non-hydrogen) atoms. The number of rotatable bonds is 7. The lowest BCUT2D eigenvalue weighted by atomic mass is 10.1. The molecule has 1 aromatic carbocycles. The molecule has 0 aliphatic heterocycles. The molecule has 1 fully saturated rings. The van der Waals surface area contributed by atoms with Crippen molar-refractivity contribution in [3.63, 3.8) is 0 Å². The Bertz CT molecular complexity index is 1120. The van der Waals surface area contributed by atoms with Crippen LogP contribution in [0.4, 0.5) is 17.2 Å². The van der Waals surface area contributed by atoms with Gasteiger partial charge in [0.15, 0.2) is 11.6 Å². The molecule has 2 amide bonds. The van der Waals surface area contributed by atoms with E-state index in [0.29, 0.717) is 39.9 Å². The van der Waals surface area contributed by atoms with E-state index in [0.717, 1.165) is 12.8 Å². The first kappa shape index (κ1) is 20.3. The molecule has 3 N–H and O–H groups in total. The zero-order valence-electron chi connectivity index (χ0n) is 17.2. The number of hydrogen-bond donors (Lipinski definition) is 3. The SMILES string of the molecule is CNC(=O)c1cnc(NC(=O)C2CC2)cc1Nc1cccc(-c2ncccn2)c1OC. The predicted molar refractivity (Wildman–Crippen MR) is 116 cm³/mol. The second-order valence-electron chi connectivity index (χ2n) is 7.04. The molecule has 4 rings (SSSR count).